The Labute approximate surface area is 187 Å². The van der Waals surface area contributed by atoms with E-state index in [2.05, 4.69) is 4.85 Å². The Bertz CT molecular complexity index is 1300. The van der Waals surface area contributed by atoms with Crippen LogP contribution in [0.3, 0.4) is 0 Å². The summed E-state index contributed by atoms with van der Waals surface area (Å²) in [5, 5.41) is 8.91. The molecule has 2 aliphatic heterocycles. The lowest BCUT2D eigenvalue weighted by molar-refractivity contribution is -0.0806. The fourth-order valence-corrected chi connectivity index (χ4v) is 7.24. The van der Waals surface area contributed by atoms with E-state index in [1.807, 2.05) is 6.07 Å². The lowest BCUT2D eigenvalue weighted by Gasteiger charge is -2.42. The van der Waals surface area contributed by atoms with Gasteiger partial charge in [-0.25, -0.2) is 21.7 Å². The van der Waals surface area contributed by atoms with Gasteiger partial charge in [0.15, 0.2) is 5.69 Å². The van der Waals surface area contributed by atoms with Gasteiger partial charge in [0.05, 0.1) is 34.6 Å². The Morgan fingerprint density at radius 1 is 0.906 bits per heavy atom. The first kappa shape index (κ1) is 22.4. The fraction of sp³-hybridized carbons (Fsp3) is 0.333. The lowest BCUT2D eigenvalue weighted by Crippen LogP contribution is -2.55. The van der Waals surface area contributed by atoms with Gasteiger partial charge in [-0.15, -0.1) is 0 Å². The van der Waals surface area contributed by atoms with Crippen molar-refractivity contribution in [2.45, 2.75) is 28.4 Å². The highest BCUT2D eigenvalue weighted by molar-refractivity contribution is 7.89. The zero-order valence-corrected chi connectivity index (χ0v) is 18.6. The monoisotopic (exact) mass is 472 g/mol. The van der Waals surface area contributed by atoms with Crippen LogP contribution in [-0.2, 0) is 24.8 Å². The number of piperidine rings is 1. The van der Waals surface area contributed by atoms with Gasteiger partial charge in [-0.05, 0) is 24.3 Å². The summed E-state index contributed by atoms with van der Waals surface area (Å²) >= 11 is 0. The first-order valence-electron chi connectivity index (χ1n) is 9.88. The molecule has 2 aromatic carbocycles. The van der Waals surface area contributed by atoms with Gasteiger partial charge < -0.3 is 4.74 Å². The normalized spacial score (nSPS) is 19.4. The minimum atomic E-state index is -3.88. The van der Waals surface area contributed by atoms with Gasteiger partial charge in [-0.1, -0.05) is 24.3 Å². The highest BCUT2D eigenvalue weighted by Crippen LogP contribution is 2.39. The number of nitriles is 1. The van der Waals surface area contributed by atoms with Gasteiger partial charge in [0.2, 0.25) is 20.0 Å². The molecule has 0 radical (unpaired) electrons. The molecule has 0 bridgehead atoms. The molecule has 2 aromatic rings. The molecule has 0 N–H and O–H groups in total. The SMILES string of the molecule is [C-]#[N+]c1ccc(S(=O)(=O)N2CCOC23CCN(S(=O)(=O)c2ccc(C#N)cc2)CC3)cc1. The Hall–Kier alpha value is -2.80. The van der Waals surface area contributed by atoms with Crippen LogP contribution in [0.25, 0.3) is 4.85 Å². The molecule has 2 saturated heterocycles. The second kappa shape index (κ2) is 8.28. The van der Waals surface area contributed by atoms with Crippen molar-refractivity contribution in [3.63, 3.8) is 0 Å². The summed E-state index contributed by atoms with van der Waals surface area (Å²) in [6.07, 6.45) is 0.393. The predicted molar refractivity (Wildman–Crippen MR) is 114 cm³/mol. The van der Waals surface area contributed by atoms with E-state index in [1.165, 1.54) is 57.1 Å². The summed E-state index contributed by atoms with van der Waals surface area (Å²) in [5.41, 5.74) is -0.391. The molecule has 4 rings (SSSR count). The van der Waals surface area contributed by atoms with Crippen LogP contribution in [0, 0.1) is 17.9 Å². The van der Waals surface area contributed by atoms with Crippen molar-refractivity contribution in [2.24, 2.45) is 0 Å². The van der Waals surface area contributed by atoms with E-state index < -0.39 is 25.8 Å². The summed E-state index contributed by atoms with van der Waals surface area (Å²) in [5.74, 6) is 0. The lowest BCUT2D eigenvalue weighted by atomic mass is 10.0. The average Bonchev–Trinajstić information content (AvgIpc) is 3.23. The zero-order chi connectivity index (χ0) is 23.0. The van der Waals surface area contributed by atoms with E-state index >= 15 is 0 Å². The molecule has 0 saturated carbocycles. The van der Waals surface area contributed by atoms with Gasteiger partial charge in [-0.3, -0.25) is 0 Å². The largest absolute Gasteiger partial charge is 0.358 e. The van der Waals surface area contributed by atoms with E-state index in [9.17, 15) is 16.8 Å². The predicted octanol–water partition coefficient (Wildman–Crippen LogP) is 2.31. The molecular weight excluding hydrogens is 452 g/mol. The van der Waals surface area contributed by atoms with Gasteiger partial charge >= 0.3 is 0 Å². The highest BCUT2D eigenvalue weighted by atomic mass is 32.2. The van der Waals surface area contributed by atoms with Crippen molar-refractivity contribution >= 4 is 25.7 Å². The maximum absolute atomic E-state index is 13.3. The summed E-state index contributed by atoms with van der Waals surface area (Å²) in [7, 11) is -7.65. The molecule has 0 unspecified atom stereocenters. The van der Waals surface area contributed by atoms with Crippen molar-refractivity contribution in [1.82, 2.24) is 8.61 Å². The topological polar surface area (TPSA) is 112 Å². The molecule has 0 amide bonds. The third-order valence-corrected chi connectivity index (χ3v) is 9.67. The van der Waals surface area contributed by atoms with Crippen molar-refractivity contribution in [1.29, 1.82) is 5.26 Å². The van der Waals surface area contributed by atoms with Crippen molar-refractivity contribution in [3.8, 4) is 6.07 Å². The third kappa shape index (κ3) is 3.79. The summed E-state index contributed by atoms with van der Waals surface area (Å²) in [6, 6.07) is 13.4. The van der Waals surface area contributed by atoms with Crippen molar-refractivity contribution in [2.75, 3.05) is 26.2 Å². The zero-order valence-electron chi connectivity index (χ0n) is 17.0. The molecule has 2 heterocycles. The number of ether oxygens (including phenoxy) is 1. The minimum absolute atomic E-state index is 0.0717. The van der Waals surface area contributed by atoms with Crippen LogP contribution in [0.2, 0.25) is 0 Å². The maximum Gasteiger partial charge on any atom is 0.245 e. The van der Waals surface area contributed by atoms with Crippen LogP contribution in [0.4, 0.5) is 5.69 Å². The molecule has 0 aromatic heterocycles. The standard InChI is InChI=1S/C21H20N4O5S2/c1-23-18-4-8-20(9-5-18)32(28,29)25-14-15-30-21(25)10-12-24(13-11-21)31(26,27)19-6-2-17(16-22)3-7-19/h2-9H,10-15H2. The van der Waals surface area contributed by atoms with Crippen molar-refractivity contribution in [3.05, 3.63) is 65.5 Å². The van der Waals surface area contributed by atoms with E-state index in [1.54, 1.807) is 0 Å². The molecule has 2 fully saturated rings. The molecule has 166 valence electrons. The Balaban J connectivity index is 1.54. The number of rotatable bonds is 4. The van der Waals surface area contributed by atoms with Crippen LogP contribution < -0.4 is 0 Å². The van der Waals surface area contributed by atoms with E-state index in [-0.39, 0.29) is 48.9 Å². The Kier molecular flexibility index (Phi) is 5.79. The molecular formula is C21H20N4O5S2. The number of benzene rings is 2. The quantitative estimate of drug-likeness (QED) is 0.631. The minimum Gasteiger partial charge on any atom is -0.358 e. The van der Waals surface area contributed by atoms with Gasteiger partial charge in [0.25, 0.3) is 0 Å². The molecule has 11 heteroatoms. The second-order valence-electron chi connectivity index (χ2n) is 7.52. The average molecular weight is 473 g/mol. The fourth-order valence-electron chi connectivity index (χ4n) is 4.07. The maximum atomic E-state index is 13.3. The van der Waals surface area contributed by atoms with Crippen LogP contribution in [0.1, 0.15) is 18.4 Å². The molecule has 32 heavy (non-hydrogen) atoms. The smallest absolute Gasteiger partial charge is 0.245 e. The Morgan fingerprint density at radius 2 is 1.47 bits per heavy atom. The molecule has 1 spiro atoms. The highest BCUT2D eigenvalue weighted by Gasteiger charge is 2.51. The van der Waals surface area contributed by atoms with Crippen LogP contribution >= 0.6 is 0 Å². The van der Waals surface area contributed by atoms with Crippen LogP contribution in [0.15, 0.2) is 58.3 Å². The van der Waals surface area contributed by atoms with Gasteiger partial charge in [0.1, 0.15) is 5.72 Å². The summed E-state index contributed by atoms with van der Waals surface area (Å²) in [6.45, 7) is 7.63. The molecule has 0 atom stereocenters. The molecule has 9 nitrogen and oxygen atoms in total. The van der Waals surface area contributed by atoms with E-state index in [4.69, 9.17) is 16.6 Å². The summed E-state index contributed by atoms with van der Waals surface area (Å²) in [4.78, 5) is 3.44. The first-order valence-corrected chi connectivity index (χ1v) is 12.8. The van der Waals surface area contributed by atoms with Gasteiger partial charge in [-0.2, -0.15) is 13.9 Å². The van der Waals surface area contributed by atoms with Crippen LogP contribution in [0.5, 0.6) is 0 Å². The van der Waals surface area contributed by atoms with Crippen molar-refractivity contribution < 1.29 is 21.6 Å². The second-order valence-corrected chi connectivity index (χ2v) is 11.3. The summed E-state index contributed by atoms with van der Waals surface area (Å²) < 4.78 is 61.1. The third-order valence-electron chi connectivity index (χ3n) is 5.80. The Morgan fingerprint density at radius 3 is 2.03 bits per heavy atom. The number of sulfonamides is 2. The van der Waals surface area contributed by atoms with E-state index in [0.717, 1.165) is 0 Å². The van der Waals surface area contributed by atoms with E-state index in [0.29, 0.717) is 11.3 Å². The number of hydrogen-bond acceptors (Lipinski definition) is 6. The van der Waals surface area contributed by atoms with Crippen LogP contribution in [-0.4, -0.2) is 57.4 Å². The van der Waals surface area contributed by atoms with Gasteiger partial charge in [0, 0.05) is 32.5 Å². The number of nitrogens with zero attached hydrogens (tertiary/aromatic N) is 4. The number of hydrogen-bond donors (Lipinski definition) is 0. The first-order chi connectivity index (χ1) is 15.2. The molecule has 2 aliphatic rings. The molecule has 0 aliphatic carbocycles.